The molecule has 0 fully saturated rings. The second-order valence-corrected chi connectivity index (χ2v) is 4.38. The molecule has 0 atom stereocenters. The van der Waals surface area contributed by atoms with E-state index in [4.69, 9.17) is 10.2 Å². The van der Waals surface area contributed by atoms with Crippen molar-refractivity contribution in [3.63, 3.8) is 0 Å². The van der Waals surface area contributed by atoms with E-state index >= 15 is 0 Å². The van der Waals surface area contributed by atoms with Gasteiger partial charge in [-0.25, -0.2) is 19.6 Å². The van der Waals surface area contributed by atoms with Gasteiger partial charge >= 0.3 is 11.9 Å². The third-order valence-corrected chi connectivity index (χ3v) is 3.56. The summed E-state index contributed by atoms with van der Waals surface area (Å²) in [6, 6.07) is 0. The van der Waals surface area contributed by atoms with Gasteiger partial charge in [-0.1, -0.05) is 0 Å². The molecule has 0 unspecified atom stereocenters. The van der Waals surface area contributed by atoms with E-state index in [2.05, 4.69) is 9.97 Å². The van der Waals surface area contributed by atoms with Gasteiger partial charge in [0.25, 0.3) is 0 Å². The van der Waals surface area contributed by atoms with E-state index in [0.717, 1.165) is 22.7 Å². The summed E-state index contributed by atoms with van der Waals surface area (Å²) in [5.74, 6) is -2.36. The molecule has 2 aromatic heterocycles. The zero-order valence-corrected chi connectivity index (χ0v) is 9.21. The Hall–Kier alpha value is -1.80. The molecular weight excluding hydrogens is 252 g/mol. The van der Waals surface area contributed by atoms with Crippen LogP contribution in [0, 0.1) is 0 Å². The maximum Gasteiger partial charge on any atom is 0.356 e. The Balaban J connectivity index is 2.59. The number of hydrogen-bond acceptors (Lipinski definition) is 6. The number of aromatic nitrogens is 2. The van der Waals surface area contributed by atoms with Crippen LogP contribution in [0.5, 0.6) is 0 Å². The molecule has 0 aliphatic heterocycles. The minimum absolute atomic E-state index is 0.142. The zero-order chi connectivity index (χ0) is 11.7. The molecule has 2 rings (SSSR count). The van der Waals surface area contributed by atoms with Gasteiger partial charge in [-0.15, -0.1) is 22.7 Å². The SMILES string of the molecule is O=C(O)c1ncsc1-c1scnc1C(=O)O. The van der Waals surface area contributed by atoms with Crippen LogP contribution >= 0.6 is 22.7 Å². The molecule has 8 heteroatoms. The summed E-state index contributed by atoms with van der Waals surface area (Å²) in [6.45, 7) is 0. The lowest BCUT2D eigenvalue weighted by Gasteiger charge is -1.95. The third kappa shape index (κ3) is 1.68. The molecule has 0 bridgehead atoms. The summed E-state index contributed by atoms with van der Waals surface area (Å²) in [5.41, 5.74) is 2.45. The Morgan fingerprint density at radius 3 is 1.62 bits per heavy atom. The number of carboxylic acid groups (broad SMARTS) is 2. The highest BCUT2D eigenvalue weighted by atomic mass is 32.1. The van der Waals surface area contributed by atoms with Gasteiger partial charge < -0.3 is 10.2 Å². The van der Waals surface area contributed by atoms with Crippen LogP contribution in [0.25, 0.3) is 9.75 Å². The molecule has 2 heterocycles. The molecule has 2 N–H and O–H groups in total. The van der Waals surface area contributed by atoms with Crippen molar-refractivity contribution in [2.45, 2.75) is 0 Å². The second-order valence-electron chi connectivity index (χ2n) is 2.67. The molecule has 0 aliphatic rings. The van der Waals surface area contributed by atoms with Gasteiger partial charge in [0.15, 0.2) is 11.4 Å². The quantitative estimate of drug-likeness (QED) is 0.866. The van der Waals surface area contributed by atoms with Crippen molar-refractivity contribution in [1.82, 2.24) is 9.97 Å². The smallest absolute Gasteiger partial charge is 0.356 e. The van der Waals surface area contributed by atoms with Crippen LogP contribution in [-0.2, 0) is 0 Å². The Morgan fingerprint density at radius 1 is 0.938 bits per heavy atom. The summed E-state index contributed by atoms with van der Waals surface area (Å²) in [6.07, 6.45) is 0. The molecule has 0 spiro atoms. The molecule has 0 aliphatic carbocycles. The normalized spacial score (nSPS) is 10.2. The number of thiazole rings is 2. The molecule has 6 nitrogen and oxygen atoms in total. The molecular formula is C8H4N2O4S2. The maximum absolute atomic E-state index is 10.8. The Kier molecular flexibility index (Phi) is 2.67. The number of aromatic carboxylic acids is 2. The largest absolute Gasteiger partial charge is 0.476 e. The fourth-order valence-electron chi connectivity index (χ4n) is 1.12. The van der Waals surface area contributed by atoms with E-state index in [-0.39, 0.29) is 11.4 Å². The van der Waals surface area contributed by atoms with Gasteiger partial charge in [0.1, 0.15) is 0 Å². The first-order chi connectivity index (χ1) is 7.61. The first-order valence-corrected chi connectivity index (χ1v) is 5.71. The maximum atomic E-state index is 10.8. The lowest BCUT2D eigenvalue weighted by molar-refractivity contribution is 0.0679. The summed E-state index contributed by atoms with van der Waals surface area (Å²) < 4.78 is 0. The Morgan fingerprint density at radius 2 is 1.31 bits per heavy atom. The lowest BCUT2D eigenvalue weighted by atomic mass is 10.2. The summed E-state index contributed by atoms with van der Waals surface area (Å²) in [5, 5.41) is 17.7. The van der Waals surface area contributed by atoms with E-state index in [1.54, 1.807) is 0 Å². The third-order valence-electron chi connectivity index (χ3n) is 1.75. The average molecular weight is 256 g/mol. The average Bonchev–Trinajstić information content (AvgIpc) is 2.85. The molecule has 0 saturated heterocycles. The number of nitrogens with zero attached hydrogens (tertiary/aromatic N) is 2. The molecule has 0 saturated carbocycles. The summed E-state index contributed by atoms with van der Waals surface area (Å²) in [7, 11) is 0. The monoisotopic (exact) mass is 256 g/mol. The fourth-order valence-corrected chi connectivity index (χ4v) is 2.85. The highest BCUT2D eigenvalue weighted by molar-refractivity contribution is 7.20. The van der Waals surface area contributed by atoms with Crippen LogP contribution in [0.1, 0.15) is 21.0 Å². The zero-order valence-electron chi connectivity index (χ0n) is 7.58. The molecule has 16 heavy (non-hydrogen) atoms. The minimum Gasteiger partial charge on any atom is -0.476 e. The highest BCUT2D eigenvalue weighted by Crippen LogP contribution is 2.33. The number of carboxylic acids is 2. The van der Waals surface area contributed by atoms with Gasteiger partial charge in [0.05, 0.1) is 20.8 Å². The van der Waals surface area contributed by atoms with Gasteiger partial charge in [-0.05, 0) is 0 Å². The van der Waals surface area contributed by atoms with Crippen LogP contribution in [0.2, 0.25) is 0 Å². The Bertz CT molecular complexity index is 510. The van der Waals surface area contributed by atoms with Gasteiger partial charge in [0, 0.05) is 0 Å². The Labute approximate surface area is 96.8 Å². The first kappa shape index (κ1) is 10.7. The second kappa shape index (κ2) is 3.99. The number of rotatable bonds is 3. The fraction of sp³-hybridized carbons (Fsp3) is 0. The van der Waals surface area contributed by atoms with Crippen molar-refractivity contribution in [2.24, 2.45) is 0 Å². The van der Waals surface area contributed by atoms with Gasteiger partial charge in [-0.3, -0.25) is 0 Å². The van der Waals surface area contributed by atoms with Crippen LogP contribution in [-0.4, -0.2) is 32.1 Å². The predicted octanol–water partition coefficient (Wildman–Crippen LogP) is 1.66. The molecule has 0 radical (unpaired) electrons. The van der Waals surface area contributed by atoms with Crippen molar-refractivity contribution in [1.29, 1.82) is 0 Å². The van der Waals surface area contributed by atoms with Crippen LogP contribution in [0.3, 0.4) is 0 Å². The lowest BCUT2D eigenvalue weighted by Crippen LogP contribution is -2.01. The number of hydrogen-bond donors (Lipinski definition) is 2. The van der Waals surface area contributed by atoms with E-state index in [9.17, 15) is 9.59 Å². The summed E-state index contributed by atoms with van der Waals surface area (Å²) >= 11 is 2.16. The van der Waals surface area contributed by atoms with Crippen molar-refractivity contribution in [2.75, 3.05) is 0 Å². The first-order valence-electron chi connectivity index (χ1n) is 3.95. The van der Waals surface area contributed by atoms with E-state index in [1.165, 1.54) is 11.0 Å². The van der Waals surface area contributed by atoms with E-state index in [0.29, 0.717) is 9.75 Å². The molecule has 0 amide bonds. The molecule has 0 aromatic carbocycles. The van der Waals surface area contributed by atoms with Crippen molar-refractivity contribution in [3.8, 4) is 9.75 Å². The van der Waals surface area contributed by atoms with E-state index in [1.807, 2.05) is 0 Å². The van der Waals surface area contributed by atoms with E-state index < -0.39 is 11.9 Å². The molecule has 2 aromatic rings. The summed E-state index contributed by atoms with van der Waals surface area (Å²) in [4.78, 5) is 29.7. The van der Waals surface area contributed by atoms with Crippen LogP contribution in [0.15, 0.2) is 11.0 Å². The van der Waals surface area contributed by atoms with Crippen molar-refractivity contribution in [3.05, 3.63) is 22.4 Å². The predicted molar refractivity (Wildman–Crippen MR) is 57.1 cm³/mol. The number of carbonyl (C=O) groups is 2. The van der Waals surface area contributed by atoms with Crippen molar-refractivity contribution >= 4 is 34.6 Å². The topological polar surface area (TPSA) is 100 Å². The highest BCUT2D eigenvalue weighted by Gasteiger charge is 2.22. The minimum atomic E-state index is -1.18. The van der Waals surface area contributed by atoms with Crippen LogP contribution in [0.4, 0.5) is 0 Å². The van der Waals surface area contributed by atoms with Gasteiger partial charge in [-0.2, -0.15) is 0 Å². The molecule has 82 valence electrons. The van der Waals surface area contributed by atoms with Crippen LogP contribution < -0.4 is 0 Å². The van der Waals surface area contributed by atoms with Gasteiger partial charge in [0.2, 0.25) is 0 Å². The standard InChI is InChI=1S/C8H4N2O4S2/c11-7(12)3-5(15-1-9-3)6-4(8(13)14)10-2-16-6/h1-2H,(H,11,12)(H,13,14). The van der Waals surface area contributed by atoms with Crippen molar-refractivity contribution < 1.29 is 19.8 Å².